The molecular formula is C3H9N2+. The second-order valence-corrected chi connectivity index (χ2v) is 1.18. The van der Waals surface area contributed by atoms with Crippen LogP contribution in [0.25, 0.3) is 0 Å². The maximum atomic E-state index is 3.11. The fourth-order valence-electron chi connectivity index (χ4n) is 0.442. The molecule has 0 aromatic carbocycles. The third-order valence-corrected chi connectivity index (χ3v) is 0.729. The van der Waals surface area contributed by atoms with Gasteiger partial charge >= 0.3 is 1.43 Å². The maximum Gasteiger partial charge on any atom is 1.00 e. The van der Waals surface area contributed by atoms with Gasteiger partial charge in [-0.15, -0.1) is 0 Å². The summed E-state index contributed by atoms with van der Waals surface area (Å²) in [5.74, 6) is 0. The predicted octanol–water partition coefficient (Wildman–Crippen LogP) is -0.751. The second kappa shape index (κ2) is 1.38. The van der Waals surface area contributed by atoms with Crippen LogP contribution in [0.2, 0.25) is 0 Å². The minimum atomic E-state index is 0. The number of hydrogen-bond donors (Lipinski definition) is 2. The minimum absolute atomic E-state index is 0. The SMILES string of the molecule is C1CNCN1.[H+]. The van der Waals surface area contributed by atoms with Gasteiger partial charge in [0.05, 0.1) is 0 Å². The molecule has 0 amide bonds. The molecule has 0 bridgehead atoms. The van der Waals surface area contributed by atoms with E-state index in [1.165, 1.54) is 0 Å². The summed E-state index contributed by atoms with van der Waals surface area (Å²) >= 11 is 0. The van der Waals surface area contributed by atoms with Crippen LogP contribution in [0.1, 0.15) is 1.43 Å². The van der Waals surface area contributed by atoms with Gasteiger partial charge in [-0.2, -0.15) is 0 Å². The number of nitrogens with one attached hydrogen (secondary N) is 2. The highest BCUT2D eigenvalue weighted by molar-refractivity contribution is 4.55. The summed E-state index contributed by atoms with van der Waals surface area (Å²) < 4.78 is 0. The van der Waals surface area contributed by atoms with Crippen LogP contribution in [-0.4, -0.2) is 19.8 Å². The third-order valence-electron chi connectivity index (χ3n) is 0.729. The van der Waals surface area contributed by atoms with Crippen LogP contribution in [0.5, 0.6) is 0 Å². The quantitative estimate of drug-likeness (QED) is 0.394. The average Bonchev–Trinajstić information content (AvgIpc) is 1.76. The van der Waals surface area contributed by atoms with Crippen molar-refractivity contribution in [3.05, 3.63) is 0 Å². The molecule has 1 rings (SSSR count). The standard InChI is InChI=1S/C3H8N2/c1-2-5-3-4-1/h4-5H,1-3H2/p+1. The van der Waals surface area contributed by atoms with Crippen molar-refractivity contribution in [1.29, 1.82) is 0 Å². The fourth-order valence-corrected chi connectivity index (χ4v) is 0.442. The molecule has 0 saturated carbocycles. The lowest BCUT2D eigenvalue weighted by Gasteiger charge is -1.77. The lowest BCUT2D eigenvalue weighted by atomic mass is 10.7. The highest BCUT2D eigenvalue weighted by Gasteiger charge is 1.90. The van der Waals surface area contributed by atoms with Crippen LogP contribution in [0, 0.1) is 0 Å². The van der Waals surface area contributed by atoms with Gasteiger partial charge in [0.2, 0.25) is 0 Å². The summed E-state index contributed by atoms with van der Waals surface area (Å²) in [7, 11) is 0. The Balaban J connectivity index is 0.000000250. The van der Waals surface area contributed by atoms with E-state index in [0.717, 1.165) is 19.8 Å². The number of hydrogen-bond acceptors (Lipinski definition) is 2. The van der Waals surface area contributed by atoms with E-state index in [4.69, 9.17) is 0 Å². The van der Waals surface area contributed by atoms with Gasteiger partial charge in [-0.1, -0.05) is 0 Å². The first-order valence-corrected chi connectivity index (χ1v) is 1.91. The van der Waals surface area contributed by atoms with Gasteiger partial charge in [-0.25, -0.2) is 0 Å². The van der Waals surface area contributed by atoms with Crippen molar-refractivity contribution in [1.82, 2.24) is 10.6 Å². The Morgan fingerprint density at radius 2 is 1.80 bits per heavy atom. The van der Waals surface area contributed by atoms with Gasteiger partial charge in [-0.05, 0) is 0 Å². The van der Waals surface area contributed by atoms with Crippen molar-refractivity contribution in [3.63, 3.8) is 0 Å². The first-order chi connectivity index (χ1) is 2.50. The van der Waals surface area contributed by atoms with Crippen LogP contribution in [-0.2, 0) is 0 Å². The monoisotopic (exact) mass is 73.1 g/mol. The molecule has 0 spiro atoms. The summed E-state index contributed by atoms with van der Waals surface area (Å²) in [5, 5.41) is 6.22. The molecule has 5 heavy (non-hydrogen) atoms. The molecule has 1 saturated heterocycles. The van der Waals surface area contributed by atoms with Crippen LogP contribution < -0.4 is 10.6 Å². The molecule has 2 N–H and O–H groups in total. The van der Waals surface area contributed by atoms with Gasteiger partial charge in [0, 0.05) is 19.8 Å². The van der Waals surface area contributed by atoms with Crippen LogP contribution >= 0.6 is 0 Å². The third kappa shape index (κ3) is 0.597. The van der Waals surface area contributed by atoms with Crippen molar-refractivity contribution in [3.8, 4) is 0 Å². The van der Waals surface area contributed by atoms with Crippen LogP contribution in [0.4, 0.5) is 0 Å². The molecule has 0 aromatic rings. The Kier molecular flexibility index (Phi) is 0.862. The lowest BCUT2D eigenvalue weighted by Crippen LogP contribution is -2.11. The first-order valence-electron chi connectivity index (χ1n) is 1.91. The van der Waals surface area contributed by atoms with E-state index in [1.807, 2.05) is 0 Å². The summed E-state index contributed by atoms with van der Waals surface area (Å²) in [6.45, 7) is 3.28. The van der Waals surface area contributed by atoms with E-state index < -0.39 is 0 Å². The smallest absolute Gasteiger partial charge is 0.303 e. The Hall–Kier alpha value is -0.0800. The van der Waals surface area contributed by atoms with Crippen molar-refractivity contribution in [2.24, 2.45) is 0 Å². The molecule has 0 unspecified atom stereocenters. The zero-order chi connectivity index (χ0) is 3.54. The zero-order valence-corrected chi connectivity index (χ0v) is 3.12. The van der Waals surface area contributed by atoms with Crippen molar-refractivity contribution < 1.29 is 1.43 Å². The average molecular weight is 73.1 g/mol. The molecule has 2 heteroatoms. The van der Waals surface area contributed by atoms with Gasteiger partial charge in [-0.3, -0.25) is 0 Å². The normalized spacial score (nSPS) is 24.0. The minimum Gasteiger partial charge on any atom is -0.303 e. The molecule has 30 valence electrons. The van der Waals surface area contributed by atoms with Gasteiger partial charge in [0.1, 0.15) is 0 Å². The van der Waals surface area contributed by atoms with Crippen molar-refractivity contribution in [2.75, 3.05) is 19.8 Å². The molecule has 0 atom stereocenters. The van der Waals surface area contributed by atoms with Gasteiger partial charge in [0.15, 0.2) is 0 Å². The molecular weight excluding hydrogens is 64.0 g/mol. The molecule has 1 aliphatic heterocycles. The second-order valence-electron chi connectivity index (χ2n) is 1.18. The van der Waals surface area contributed by atoms with E-state index in [-0.39, 0.29) is 1.43 Å². The molecule has 1 fully saturated rings. The molecule has 1 aliphatic rings. The number of rotatable bonds is 0. The predicted molar refractivity (Wildman–Crippen MR) is 22.0 cm³/mol. The Labute approximate surface area is 33.0 Å². The molecule has 0 aromatic heterocycles. The van der Waals surface area contributed by atoms with Crippen LogP contribution in [0.3, 0.4) is 0 Å². The highest BCUT2D eigenvalue weighted by atomic mass is 15.1. The summed E-state index contributed by atoms with van der Waals surface area (Å²) in [6, 6.07) is 0. The van der Waals surface area contributed by atoms with E-state index in [9.17, 15) is 0 Å². The maximum absolute atomic E-state index is 3.11. The summed E-state index contributed by atoms with van der Waals surface area (Å²) in [4.78, 5) is 0. The van der Waals surface area contributed by atoms with Crippen LogP contribution in [0.15, 0.2) is 0 Å². The topological polar surface area (TPSA) is 24.1 Å². The van der Waals surface area contributed by atoms with Gasteiger partial charge < -0.3 is 10.6 Å². The zero-order valence-electron chi connectivity index (χ0n) is 4.12. The fraction of sp³-hybridized carbons (Fsp3) is 1.00. The van der Waals surface area contributed by atoms with E-state index >= 15 is 0 Å². The molecule has 0 aliphatic carbocycles. The Bertz CT molecular complexity index is 20.4. The van der Waals surface area contributed by atoms with Gasteiger partial charge in [0.25, 0.3) is 0 Å². The summed E-state index contributed by atoms with van der Waals surface area (Å²) in [6.07, 6.45) is 0. The molecule has 0 radical (unpaired) electrons. The van der Waals surface area contributed by atoms with E-state index in [0.29, 0.717) is 0 Å². The Morgan fingerprint density at radius 1 is 1.20 bits per heavy atom. The summed E-state index contributed by atoms with van der Waals surface area (Å²) in [5.41, 5.74) is 0. The van der Waals surface area contributed by atoms with E-state index in [2.05, 4.69) is 10.6 Å². The van der Waals surface area contributed by atoms with Crippen molar-refractivity contribution in [2.45, 2.75) is 0 Å². The molecule has 1 heterocycles. The Morgan fingerprint density at radius 3 is 2.00 bits per heavy atom. The van der Waals surface area contributed by atoms with Crippen molar-refractivity contribution >= 4 is 0 Å². The van der Waals surface area contributed by atoms with E-state index in [1.54, 1.807) is 0 Å². The molecule has 2 nitrogen and oxygen atoms in total. The largest absolute Gasteiger partial charge is 1.00 e. The first kappa shape index (κ1) is 3.12. The highest BCUT2D eigenvalue weighted by Crippen LogP contribution is 1.62. The lowest BCUT2D eigenvalue weighted by molar-refractivity contribution is 0.807.